The van der Waals surface area contributed by atoms with E-state index in [-0.39, 0.29) is 23.7 Å². The number of sulfone groups is 1. The fourth-order valence-corrected chi connectivity index (χ4v) is 2.28. The number of carbonyl (C=O) groups is 1. The van der Waals surface area contributed by atoms with Crippen molar-refractivity contribution >= 4 is 15.8 Å². The number of ether oxygens (including phenoxy) is 1. The predicted molar refractivity (Wildman–Crippen MR) is 63.0 cm³/mol. The van der Waals surface area contributed by atoms with Gasteiger partial charge < -0.3 is 10.1 Å². The van der Waals surface area contributed by atoms with Crippen molar-refractivity contribution in [2.24, 2.45) is 5.92 Å². The van der Waals surface area contributed by atoms with Gasteiger partial charge in [-0.15, -0.1) is 0 Å². The zero-order chi connectivity index (χ0) is 12.8. The van der Waals surface area contributed by atoms with Gasteiger partial charge in [0.25, 0.3) is 0 Å². The first-order chi connectivity index (χ1) is 7.26. The Labute approximate surface area is 97.5 Å². The van der Waals surface area contributed by atoms with Crippen LogP contribution in [-0.4, -0.2) is 45.6 Å². The van der Waals surface area contributed by atoms with Gasteiger partial charge in [0, 0.05) is 18.8 Å². The molecule has 0 aromatic carbocycles. The number of nitrogens with one attached hydrogen (secondary N) is 1. The standard InChI is InChI=1S/C10H21NO4S/c1-5-15-10(12)8(2)6-11-9(3)7-16(4,13)14/h8-9,11H,5-7H2,1-4H3. The van der Waals surface area contributed by atoms with E-state index in [0.717, 1.165) is 0 Å². The summed E-state index contributed by atoms with van der Waals surface area (Å²) in [6, 6.07) is -0.160. The van der Waals surface area contributed by atoms with Crippen LogP contribution >= 0.6 is 0 Å². The molecule has 96 valence electrons. The van der Waals surface area contributed by atoms with Crippen molar-refractivity contribution in [2.45, 2.75) is 26.8 Å². The zero-order valence-corrected chi connectivity index (χ0v) is 11.1. The number of esters is 1. The highest BCUT2D eigenvalue weighted by atomic mass is 32.2. The van der Waals surface area contributed by atoms with Crippen LogP contribution in [0.25, 0.3) is 0 Å². The van der Waals surface area contributed by atoms with Crippen LogP contribution in [0.2, 0.25) is 0 Å². The van der Waals surface area contributed by atoms with Crippen LogP contribution in [0.4, 0.5) is 0 Å². The van der Waals surface area contributed by atoms with Crippen molar-refractivity contribution in [1.82, 2.24) is 5.32 Å². The molecule has 0 bridgehead atoms. The van der Waals surface area contributed by atoms with Crippen LogP contribution in [0.5, 0.6) is 0 Å². The molecule has 16 heavy (non-hydrogen) atoms. The molecule has 0 rings (SSSR count). The van der Waals surface area contributed by atoms with E-state index >= 15 is 0 Å². The summed E-state index contributed by atoms with van der Waals surface area (Å²) in [7, 11) is -2.98. The van der Waals surface area contributed by atoms with E-state index < -0.39 is 9.84 Å². The lowest BCUT2D eigenvalue weighted by Gasteiger charge is -2.16. The van der Waals surface area contributed by atoms with Crippen molar-refractivity contribution < 1.29 is 17.9 Å². The Balaban J connectivity index is 3.92. The maximum Gasteiger partial charge on any atom is 0.309 e. The molecule has 0 saturated carbocycles. The van der Waals surface area contributed by atoms with Gasteiger partial charge in [0.05, 0.1) is 18.3 Å². The molecule has 0 heterocycles. The lowest BCUT2D eigenvalue weighted by atomic mass is 10.2. The molecule has 2 unspecified atom stereocenters. The monoisotopic (exact) mass is 251 g/mol. The fourth-order valence-electron chi connectivity index (χ4n) is 1.26. The van der Waals surface area contributed by atoms with Gasteiger partial charge in [-0.25, -0.2) is 8.42 Å². The molecule has 0 aliphatic carbocycles. The van der Waals surface area contributed by atoms with Gasteiger partial charge in [0.2, 0.25) is 0 Å². The van der Waals surface area contributed by atoms with Crippen LogP contribution < -0.4 is 5.32 Å². The molecule has 2 atom stereocenters. The molecule has 0 aliphatic heterocycles. The van der Waals surface area contributed by atoms with Crippen molar-refractivity contribution in [3.63, 3.8) is 0 Å². The Bertz CT molecular complexity index is 313. The third-order valence-corrected chi connectivity index (χ3v) is 3.12. The van der Waals surface area contributed by atoms with Crippen LogP contribution in [0, 0.1) is 5.92 Å². The van der Waals surface area contributed by atoms with Crippen LogP contribution in [0.3, 0.4) is 0 Å². The highest BCUT2D eigenvalue weighted by molar-refractivity contribution is 7.90. The number of rotatable bonds is 7. The first-order valence-corrected chi connectivity index (χ1v) is 7.40. The van der Waals surface area contributed by atoms with E-state index in [0.29, 0.717) is 13.2 Å². The van der Waals surface area contributed by atoms with Crippen molar-refractivity contribution in [3.8, 4) is 0 Å². The zero-order valence-electron chi connectivity index (χ0n) is 10.3. The molecule has 0 aromatic heterocycles. The van der Waals surface area contributed by atoms with Crippen LogP contribution in [0.1, 0.15) is 20.8 Å². The summed E-state index contributed by atoms with van der Waals surface area (Å²) in [5, 5.41) is 3.00. The molecule has 0 spiro atoms. The van der Waals surface area contributed by atoms with E-state index in [1.54, 1.807) is 20.8 Å². The van der Waals surface area contributed by atoms with Crippen LogP contribution in [0.15, 0.2) is 0 Å². The summed E-state index contributed by atoms with van der Waals surface area (Å²) in [4.78, 5) is 11.3. The molecular formula is C10H21NO4S. The summed E-state index contributed by atoms with van der Waals surface area (Å²) in [6.07, 6.45) is 1.19. The molecule has 0 fully saturated rings. The van der Waals surface area contributed by atoms with Gasteiger partial charge in [-0.05, 0) is 13.8 Å². The molecule has 0 saturated heterocycles. The average molecular weight is 251 g/mol. The molecule has 0 aromatic rings. The Hall–Kier alpha value is -0.620. The van der Waals surface area contributed by atoms with E-state index in [2.05, 4.69) is 5.32 Å². The van der Waals surface area contributed by atoms with Crippen molar-refractivity contribution in [3.05, 3.63) is 0 Å². The van der Waals surface area contributed by atoms with Crippen LogP contribution in [-0.2, 0) is 19.4 Å². The molecule has 0 radical (unpaired) electrons. The van der Waals surface area contributed by atoms with Gasteiger partial charge in [0.1, 0.15) is 9.84 Å². The third-order valence-electron chi connectivity index (χ3n) is 2.01. The lowest BCUT2D eigenvalue weighted by molar-refractivity contribution is -0.147. The van der Waals surface area contributed by atoms with Gasteiger partial charge in [-0.3, -0.25) is 4.79 Å². The van der Waals surface area contributed by atoms with E-state index in [4.69, 9.17) is 4.74 Å². The van der Waals surface area contributed by atoms with E-state index in [1.807, 2.05) is 0 Å². The molecular weight excluding hydrogens is 230 g/mol. The summed E-state index contributed by atoms with van der Waals surface area (Å²) >= 11 is 0. The third kappa shape index (κ3) is 7.64. The topological polar surface area (TPSA) is 72.5 Å². The summed E-state index contributed by atoms with van der Waals surface area (Å²) in [5.41, 5.74) is 0. The van der Waals surface area contributed by atoms with Crippen molar-refractivity contribution in [2.75, 3.05) is 25.2 Å². The second kappa shape index (κ2) is 6.85. The smallest absolute Gasteiger partial charge is 0.309 e. The summed E-state index contributed by atoms with van der Waals surface area (Å²) < 4.78 is 26.8. The lowest BCUT2D eigenvalue weighted by Crippen LogP contribution is -2.37. The SMILES string of the molecule is CCOC(=O)C(C)CNC(C)CS(C)(=O)=O. The molecule has 1 N–H and O–H groups in total. The Morgan fingerprint density at radius 1 is 1.38 bits per heavy atom. The van der Waals surface area contributed by atoms with Gasteiger partial charge in [0.15, 0.2) is 0 Å². The maximum atomic E-state index is 11.3. The highest BCUT2D eigenvalue weighted by Gasteiger charge is 2.16. The normalized spacial score (nSPS) is 15.5. The number of carbonyl (C=O) groups excluding carboxylic acids is 1. The molecule has 0 amide bonds. The second-order valence-corrected chi connectivity index (χ2v) is 6.24. The predicted octanol–water partition coefficient (Wildman–Crippen LogP) is 0.208. The minimum atomic E-state index is -2.98. The number of hydrogen-bond donors (Lipinski definition) is 1. The van der Waals surface area contributed by atoms with E-state index in [1.165, 1.54) is 6.26 Å². The number of hydrogen-bond acceptors (Lipinski definition) is 5. The Morgan fingerprint density at radius 3 is 2.38 bits per heavy atom. The average Bonchev–Trinajstić information content (AvgIpc) is 2.11. The second-order valence-electron chi connectivity index (χ2n) is 4.05. The summed E-state index contributed by atoms with van der Waals surface area (Å²) in [6.45, 7) is 6.07. The van der Waals surface area contributed by atoms with Crippen molar-refractivity contribution in [1.29, 1.82) is 0 Å². The minimum absolute atomic E-state index is 0.0720. The van der Waals surface area contributed by atoms with Gasteiger partial charge in [-0.1, -0.05) is 6.92 Å². The van der Waals surface area contributed by atoms with E-state index in [9.17, 15) is 13.2 Å². The Kier molecular flexibility index (Phi) is 6.59. The van der Waals surface area contributed by atoms with Gasteiger partial charge >= 0.3 is 5.97 Å². The molecule has 0 aliphatic rings. The fraction of sp³-hybridized carbons (Fsp3) is 0.900. The first-order valence-electron chi connectivity index (χ1n) is 5.34. The maximum absolute atomic E-state index is 11.3. The first kappa shape index (κ1) is 15.4. The summed E-state index contributed by atoms with van der Waals surface area (Å²) in [5.74, 6) is -0.453. The Morgan fingerprint density at radius 2 is 1.94 bits per heavy atom. The highest BCUT2D eigenvalue weighted by Crippen LogP contribution is 1.98. The minimum Gasteiger partial charge on any atom is -0.466 e. The molecule has 5 nitrogen and oxygen atoms in total. The van der Waals surface area contributed by atoms with Gasteiger partial charge in [-0.2, -0.15) is 0 Å². The quantitative estimate of drug-likeness (QED) is 0.655. The largest absolute Gasteiger partial charge is 0.466 e. The molecule has 6 heteroatoms.